The summed E-state index contributed by atoms with van der Waals surface area (Å²) in [5.41, 5.74) is 11.9. The van der Waals surface area contributed by atoms with E-state index < -0.39 is 0 Å². The molecule has 0 aliphatic rings. The first-order chi connectivity index (χ1) is 5.70. The van der Waals surface area contributed by atoms with Crippen molar-refractivity contribution in [2.75, 3.05) is 0 Å². The van der Waals surface area contributed by atoms with Crippen LogP contribution in [0.25, 0.3) is 0 Å². The highest BCUT2D eigenvalue weighted by Crippen LogP contribution is 2.09. The first kappa shape index (κ1) is 8.74. The average Bonchev–Trinajstić information content (AvgIpc) is 2.06. The van der Waals surface area contributed by atoms with Crippen LogP contribution >= 0.6 is 0 Å². The Labute approximate surface area is 72.1 Å². The summed E-state index contributed by atoms with van der Waals surface area (Å²) in [7, 11) is 0. The second-order valence-electron chi connectivity index (χ2n) is 2.66. The molecular formula is C9H13N3. The van der Waals surface area contributed by atoms with Gasteiger partial charge in [0.1, 0.15) is 5.84 Å². The molecule has 0 aliphatic heterocycles. The highest BCUT2D eigenvalue weighted by atomic mass is 14.9. The molecule has 12 heavy (non-hydrogen) atoms. The lowest BCUT2D eigenvalue weighted by Gasteiger charge is -2.02. The standard InChI is InChI=1S/C9H13N3/c1-7(10)9(11)12-8-5-3-2-4-6-8/h2-7H,10H2,1H3,(H2,11,12). The van der Waals surface area contributed by atoms with Gasteiger partial charge in [0.05, 0.1) is 11.7 Å². The second-order valence-corrected chi connectivity index (χ2v) is 2.66. The van der Waals surface area contributed by atoms with Crippen molar-refractivity contribution < 1.29 is 0 Å². The summed E-state index contributed by atoms with van der Waals surface area (Å²) in [6, 6.07) is 9.33. The van der Waals surface area contributed by atoms with E-state index in [0.29, 0.717) is 5.84 Å². The lowest BCUT2D eigenvalue weighted by molar-refractivity contribution is 0.960. The molecule has 0 spiro atoms. The van der Waals surface area contributed by atoms with Crippen molar-refractivity contribution in [1.29, 1.82) is 0 Å². The third-order valence-electron chi connectivity index (χ3n) is 1.48. The molecule has 0 heterocycles. The van der Waals surface area contributed by atoms with Crippen LogP contribution in [0.2, 0.25) is 0 Å². The molecule has 1 unspecified atom stereocenters. The molecule has 0 aliphatic carbocycles. The van der Waals surface area contributed by atoms with Crippen LogP contribution in [0.3, 0.4) is 0 Å². The molecule has 0 radical (unpaired) electrons. The molecule has 1 aromatic carbocycles. The zero-order chi connectivity index (χ0) is 8.97. The van der Waals surface area contributed by atoms with Gasteiger partial charge in [0.2, 0.25) is 0 Å². The van der Waals surface area contributed by atoms with Gasteiger partial charge in [-0.2, -0.15) is 0 Å². The van der Waals surface area contributed by atoms with Crippen molar-refractivity contribution in [3.63, 3.8) is 0 Å². The van der Waals surface area contributed by atoms with Crippen LogP contribution in [0, 0.1) is 0 Å². The van der Waals surface area contributed by atoms with Crippen molar-refractivity contribution in [3.8, 4) is 0 Å². The van der Waals surface area contributed by atoms with Crippen LogP contribution < -0.4 is 11.5 Å². The summed E-state index contributed by atoms with van der Waals surface area (Å²) in [6.07, 6.45) is 0. The average molecular weight is 163 g/mol. The summed E-state index contributed by atoms with van der Waals surface area (Å²) < 4.78 is 0. The molecule has 64 valence electrons. The monoisotopic (exact) mass is 163 g/mol. The molecule has 3 heteroatoms. The number of hydrogen-bond acceptors (Lipinski definition) is 2. The minimum absolute atomic E-state index is 0.190. The Hall–Kier alpha value is -1.35. The number of benzene rings is 1. The third-order valence-corrected chi connectivity index (χ3v) is 1.48. The Morgan fingerprint density at radius 1 is 1.33 bits per heavy atom. The zero-order valence-electron chi connectivity index (χ0n) is 7.07. The maximum Gasteiger partial charge on any atom is 0.116 e. The number of aliphatic imine (C=N–C) groups is 1. The van der Waals surface area contributed by atoms with Crippen LogP contribution in [0.4, 0.5) is 5.69 Å². The molecular weight excluding hydrogens is 150 g/mol. The summed E-state index contributed by atoms with van der Waals surface area (Å²) in [5.74, 6) is 0.459. The minimum atomic E-state index is -0.190. The van der Waals surface area contributed by atoms with E-state index in [4.69, 9.17) is 11.5 Å². The van der Waals surface area contributed by atoms with Crippen LogP contribution in [0.1, 0.15) is 6.92 Å². The van der Waals surface area contributed by atoms with Gasteiger partial charge in [-0.1, -0.05) is 18.2 Å². The van der Waals surface area contributed by atoms with E-state index in [1.807, 2.05) is 37.3 Å². The van der Waals surface area contributed by atoms with E-state index in [0.717, 1.165) is 5.69 Å². The summed E-state index contributed by atoms with van der Waals surface area (Å²) in [5, 5.41) is 0. The van der Waals surface area contributed by atoms with Gasteiger partial charge >= 0.3 is 0 Å². The Kier molecular flexibility index (Phi) is 2.82. The summed E-state index contributed by atoms with van der Waals surface area (Å²) in [4.78, 5) is 4.13. The first-order valence-corrected chi connectivity index (χ1v) is 3.85. The number of amidine groups is 1. The van der Waals surface area contributed by atoms with Gasteiger partial charge in [-0.15, -0.1) is 0 Å². The lowest BCUT2D eigenvalue weighted by atomic mass is 10.3. The zero-order valence-corrected chi connectivity index (χ0v) is 7.07. The maximum atomic E-state index is 5.57. The van der Waals surface area contributed by atoms with Crippen LogP contribution in [0.5, 0.6) is 0 Å². The fraction of sp³-hybridized carbons (Fsp3) is 0.222. The summed E-state index contributed by atoms with van der Waals surface area (Å²) in [6.45, 7) is 1.81. The van der Waals surface area contributed by atoms with Gasteiger partial charge in [0.25, 0.3) is 0 Å². The van der Waals surface area contributed by atoms with Gasteiger partial charge in [0, 0.05) is 0 Å². The number of para-hydroxylation sites is 1. The normalized spacial score (nSPS) is 14.3. The molecule has 4 N–H and O–H groups in total. The fourth-order valence-corrected chi connectivity index (χ4v) is 0.753. The number of nitrogens with zero attached hydrogens (tertiary/aromatic N) is 1. The van der Waals surface area contributed by atoms with Crippen LogP contribution in [-0.2, 0) is 0 Å². The number of hydrogen-bond donors (Lipinski definition) is 2. The van der Waals surface area contributed by atoms with Crippen molar-refractivity contribution in [2.45, 2.75) is 13.0 Å². The first-order valence-electron chi connectivity index (χ1n) is 3.85. The number of nitrogens with two attached hydrogens (primary N) is 2. The minimum Gasteiger partial charge on any atom is -0.386 e. The van der Waals surface area contributed by atoms with E-state index in [1.165, 1.54) is 0 Å². The van der Waals surface area contributed by atoms with Gasteiger partial charge in [-0.25, -0.2) is 4.99 Å². The number of rotatable bonds is 2. The van der Waals surface area contributed by atoms with Gasteiger partial charge in [-0.05, 0) is 19.1 Å². The highest BCUT2D eigenvalue weighted by molar-refractivity contribution is 5.87. The van der Waals surface area contributed by atoms with E-state index in [9.17, 15) is 0 Å². The van der Waals surface area contributed by atoms with E-state index in [1.54, 1.807) is 0 Å². The molecule has 0 saturated heterocycles. The molecule has 0 bridgehead atoms. The molecule has 3 nitrogen and oxygen atoms in total. The van der Waals surface area contributed by atoms with Crippen LogP contribution in [0.15, 0.2) is 35.3 Å². The van der Waals surface area contributed by atoms with Gasteiger partial charge in [0.15, 0.2) is 0 Å². The Balaban J connectivity index is 2.81. The Morgan fingerprint density at radius 2 is 1.92 bits per heavy atom. The van der Waals surface area contributed by atoms with E-state index in [2.05, 4.69) is 4.99 Å². The molecule has 1 atom stereocenters. The Morgan fingerprint density at radius 3 is 2.42 bits per heavy atom. The molecule has 0 amide bonds. The van der Waals surface area contributed by atoms with Crippen molar-refractivity contribution in [2.24, 2.45) is 16.5 Å². The van der Waals surface area contributed by atoms with Crippen molar-refractivity contribution >= 4 is 11.5 Å². The quantitative estimate of drug-likeness (QED) is 0.505. The molecule has 0 fully saturated rings. The SMILES string of the molecule is CC(N)C(N)=Nc1ccccc1. The van der Waals surface area contributed by atoms with Crippen molar-refractivity contribution in [1.82, 2.24) is 0 Å². The Bertz CT molecular complexity index is 264. The maximum absolute atomic E-state index is 5.57. The fourth-order valence-electron chi connectivity index (χ4n) is 0.753. The predicted molar refractivity (Wildman–Crippen MR) is 51.4 cm³/mol. The topological polar surface area (TPSA) is 64.4 Å². The molecule has 1 rings (SSSR count). The summed E-state index contributed by atoms with van der Waals surface area (Å²) >= 11 is 0. The van der Waals surface area contributed by atoms with Crippen LogP contribution in [-0.4, -0.2) is 11.9 Å². The van der Waals surface area contributed by atoms with Crippen molar-refractivity contribution in [3.05, 3.63) is 30.3 Å². The van der Waals surface area contributed by atoms with Gasteiger partial charge in [-0.3, -0.25) is 0 Å². The van der Waals surface area contributed by atoms with E-state index >= 15 is 0 Å². The smallest absolute Gasteiger partial charge is 0.116 e. The second kappa shape index (κ2) is 3.88. The van der Waals surface area contributed by atoms with E-state index in [-0.39, 0.29) is 6.04 Å². The molecule has 1 aromatic rings. The largest absolute Gasteiger partial charge is 0.386 e. The highest BCUT2D eigenvalue weighted by Gasteiger charge is 1.98. The predicted octanol–water partition coefficient (Wildman–Crippen LogP) is 1.02. The molecule has 0 saturated carbocycles. The molecule has 0 aromatic heterocycles. The van der Waals surface area contributed by atoms with Gasteiger partial charge < -0.3 is 11.5 Å². The third kappa shape index (κ3) is 2.36. The lowest BCUT2D eigenvalue weighted by Crippen LogP contribution is -2.33.